The molecule has 1 aliphatic heterocycles. The van der Waals surface area contributed by atoms with Crippen molar-refractivity contribution in [3.63, 3.8) is 0 Å². The van der Waals surface area contributed by atoms with Gasteiger partial charge in [0.25, 0.3) is 5.56 Å². The van der Waals surface area contributed by atoms with Crippen LogP contribution in [0.4, 0.5) is 0 Å². The van der Waals surface area contributed by atoms with E-state index in [1.54, 1.807) is 29.8 Å². The first-order chi connectivity index (χ1) is 12.5. The molecule has 1 aliphatic rings. The number of fused-ring (bicyclic) bond motifs is 2. The van der Waals surface area contributed by atoms with Crippen molar-refractivity contribution in [1.29, 1.82) is 0 Å². The first kappa shape index (κ1) is 16.8. The SMILES string of the molecule is Cc1ccc2c(c1)S[C@H](C(=O)N(C)Cc1nc3ccccc3c(=O)[nH]1)C2. The Labute approximate surface area is 155 Å². The molecule has 0 fully saturated rings. The zero-order valence-electron chi connectivity index (χ0n) is 14.7. The van der Waals surface area contributed by atoms with Crippen LogP contribution in [0.2, 0.25) is 0 Å². The molecular weight excluding hydrogens is 346 g/mol. The molecule has 1 atom stereocenters. The molecule has 0 saturated carbocycles. The Bertz CT molecular complexity index is 1060. The second-order valence-corrected chi connectivity index (χ2v) is 7.89. The van der Waals surface area contributed by atoms with Gasteiger partial charge in [-0.15, -0.1) is 11.8 Å². The van der Waals surface area contributed by atoms with Gasteiger partial charge in [-0.25, -0.2) is 4.98 Å². The lowest BCUT2D eigenvalue weighted by molar-refractivity contribution is -0.129. The fourth-order valence-electron chi connectivity index (χ4n) is 3.23. The molecule has 0 spiro atoms. The van der Waals surface area contributed by atoms with Gasteiger partial charge in [0.15, 0.2) is 0 Å². The van der Waals surface area contributed by atoms with Gasteiger partial charge in [-0.05, 0) is 37.1 Å². The maximum Gasteiger partial charge on any atom is 0.258 e. The van der Waals surface area contributed by atoms with E-state index in [1.807, 2.05) is 18.2 Å². The standard InChI is InChI=1S/C20H19N3O2S/c1-12-7-8-13-10-17(26-16(13)9-12)20(25)23(2)11-18-21-15-6-4-3-5-14(15)19(24)22-18/h3-9,17H,10-11H2,1-2H3,(H,21,22,24)/t17-/m0/s1. The molecule has 6 heteroatoms. The number of aryl methyl sites for hydroxylation is 1. The van der Waals surface area contributed by atoms with Gasteiger partial charge < -0.3 is 9.88 Å². The van der Waals surface area contributed by atoms with Crippen LogP contribution in [0.15, 0.2) is 52.2 Å². The van der Waals surface area contributed by atoms with Crippen LogP contribution >= 0.6 is 11.8 Å². The summed E-state index contributed by atoms with van der Waals surface area (Å²) in [6.07, 6.45) is 0.741. The highest BCUT2D eigenvalue weighted by Gasteiger charge is 2.30. The molecule has 1 aromatic heterocycles. The second kappa shape index (κ2) is 6.61. The van der Waals surface area contributed by atoms with Crippen LogP contribution < -0.4 is 5.56 Å². The lowest BCUT2D eigenvalue weighted by Crippen LogP contribution is -2.35. The molecule has 4 rings (SSSR count). The maximum atomic E-state index is 12.8. The Morgan fingerprint density at radius 3 is 2.96 bits per heavy atom. The number of thioether (sulfide) groups is 1. The minimum atomic E-state index is -0.176. The van der Waals surface area contributed by atoms with Gasteiger partial charge in [0.2, 0.25) is 5.91 Å². The summed E-state index contributed by atoms with van der Waals surface area (Å²) in [5.74, 6) is 0.556. The quantitative estimate of drug-likeness (QED) is 0.775. The van der Waals surface area contributed by atoms with Crippen molar-refractivity contribution >= 4 is 28.6 Å². The Kier molecular flexibility index (Phi) is 4.28. The molecule has 0 aliphatic carbocycles. The number of para-hydroxylation sites is 1. The number of nitrogens with zero attached hydrogens (tertiary/aromatic N) is 2. The third-order valence-electron chi connectivity index (χ3n) is 4.60. The lowest BCUT2D eigenvalue weighted by atomic mass is 10.1. The number of aromatic amines is 1. The van der Waals surface area contributed by atoms with E-state index in [1.165, 1.54) is 16.0 Å². The smallest absolute Gasteiger partial charge is 0.258 e. The van der Waals surface area contributed by atoms with Crippen LogP contribution in [0, 0.1) is 6.92 Å². The molecule has 0 radical (unpaired) electrons. The number of benzene rings is 2. The van der Waals surface area contributed by atoms with Crippen LogP contribution in [-0.2, 0) is 17.8 Å². The summed E-state index contributed by atoms with van der Waals surface area (Å²) in [7, 11) is 1.76. The van der Waals surface area contributed by atoms with E-state index >= 15 is 0 Å². The predicted octanol–water partition coefficient (Wildman–Crippen LogP) is 2.91. The van der Waals surface area contributed by atoms with Crippen molar-refractivity contribution in [2.75, 3.05) is 7.05 Å². The van der Waals surface area contributed by atoms with E-state index in [9.17, 15) is 9.59 Å². The third kappa shape index (κ3) is 3.12. The summed E-state index contributed by atoms with van der Waals surface area (Å²) in [5.41, 5.74) is 2.90. The van der Waals surface area contributed by atoms with E-state index in [0.717, 1.165) is 6.42 Å². The Morgan fingerprint density at radius 1 is 1.31 bits per heavy atom. The average molecular weight is 365 g/mol. The molecule has 1 N–H and O–H groups in total. The van der Waals surface area contributed by atoms with Gasteiger partial charge in [-0.1, -0.05) is 29.8 Å². The zero-order chi connectivity index (χ0) is 18.3. The number of nitrogens with one attached hydrogen (secondary N) is 1. The molecule has 2 heterocycles. The number of H-pyrrole nitrogens is 1. The molecule has 0 bridgehead atoms. The summed E-state index contributed by atoms with van der Waals surface area (Å²) >= 11 is 1.62. The normalized spacial score (nSPS) is 15.8. The first-order valence-corrected chi connectivity index (χ1v) is 9.38. The fraction of sp³-hybridized carbons (Fsp3) is 0.250. The van der Waals surface area contributed by atoms with Gasteiger partial charge in [0.05, 0.1) is 22.7 Å². The molecule has 3 aromatic rings. The van der Waals surface area contributed by atoms with Crippen LogP contribution in [0.5, 0.6) is 0 Å². The van der Waals surface area contributed by atoms with Crippen molar-refractivity contribution in [2.24, 2.45) is 0 Å². The number of rotatable bonds is 3. The number of amides is 1. The first-order valence-electron chi connectivity index (χ1n) is 8.50. The molecule has 132 valence electrons. The van der Waals surface area contributed by atoms with Crippen LogP contribution in [-0.4, -0.2) is 33.1 Å². The highest BCUT2D eigenvalue weighted by molar-refractivity contribution is 8.01. The predicted molar refractivity (Wildman–Crippen MR) is 103 cm³/mol. The number of hydrogen-bond donors (Lipinski definition) is 1. The minimum absolute atomic E-state index is 0.0552. The van der Waals surface area contributed by atoms with Crippen LogP contribution in [0.25, 0.3) is 10.9 Å². The summed E-state index contributed by atoms with van der Waals surface area (Å²) in [4.78, 5) is 35.1. The van der Waals surface area contributed by atoms with Crippen molar-refractivity contribution in [1.82, 2.24) is 14.9 Å². The van der Waals surface area contributed by atoms with Crippen molar-refractivity contribution < 1.29 is 4.79 Å². The van der Waals surface area contributed by atoms with Crippen molar-refractivity contribution in [2.45, 2.75) is 30.0 Å². The van der Waals surface area contributed by atoms with Crippen LogP contribution in [0.3, 0.4) is 0 Å². The summed E-state index contributed by atoms with van der Waals surface area (Å²) in [5, 5.41) is 0.436. The maximum absolute atomic E-state index is 12.8. The molecular formula is C20H19N3O2S. The van der Waals surface area contributed by atoms with Gasteiger partial charge in [0.1, 0.15) is 5.82 Å². The summed E-state index contributed by atoms with van der Waals surface area (Å²) in [6, 6.07) is 13.5. The molecule has 26 heavy (non-hydrogen) atoms. The molecule has 0 unspecified atom stereocenters. The van der Waals surface area contributed by atoms with E-state index in [4.69, 9.17) is 0 Å². The fourth-order valence-corrected chi connectivity index (χ4v) is 4.64. The topological polar surface area (TPSA) is 66.1 Å². The monoisotopic (exact) mass is 365 g/mol. The second-order valence-electron chi connectivity index (χ2n) is 6.65. The lowest BCUT2D eigenvalue weighted by Gasteiger charge is -2.20. The average Bonchev–Trinajstić information content (AvgIpc) is 3.04. The molecule has 2 aromatic carbocycles. The van der Waals surface area contributed by atoms with Crippen molar-refractivity contribution in [3.8, 4) is 0 Å². The minimum Gasteiger partial charge on any atom is -0.337 e. The highest BCUT2D eigenvalue weighted by Crippen LogP contribution is 2.38. The molecule has 1 amide bonds. The number of aromatic nitrogens is 2. The Hall–Kier alpha value is -2.60. The Morgan fingerprint density at radius 2 is 2.12 bits per heavy atom. The van der Waals surface area contributed by atoms with Gasteiger partial charge in [0, 0.05) is 11.9 Å². The van der Waals surface area contributed by atoms with Gasteiger partial charge >= 0.3 is 0 Å². The molecule has 0 saturated heterocycles. The Balaban J connectivity index is 1.51. The number of carbonyl (C=O) groups excluding carboxylic acids is 1. The third-order valence-corrected chi connectivity index (χ3v) is 5.88. The number of hydrogen-bond acceptors (Lipinski definition) is 4. The van der Waals surface area contributed by atoms with E-state index < -0.39 is 0 Å². The molecule has 5 nitrogen and oxygen atoms in total. The summed E-state index contributed by atoms with van der Waals surface area (Å²) in [6.45, 7) is 2.34. The summed E-state index contributed by atoms with van der Waals surface area (Å²) < 4.78 is 0. The van der Waals surface area contributed by atoms with Crippen molar-refractivity contribution in [3.05, 3.63) is 69.8 Å². The van der Waals surface area contributed by atoms with Gasteiger partial charge in [-0.3, -0.25) is 9.59 Å². The zero-order valence-corrected chi connectivity index (χ0v) is 15.5. The highest BCUT2D eigenvalue weighted by atomic mass is 32.2. The van der Waals surface area contributed by atoms with E-state index in [-0.39, 0.29) is 23.3 Å². The largest absolute Gasteiger partial charge is 0.337 e. The number of carbonyl (C=O) groups is 1. The van der Waals surface area contributed by atoms with Crippen LogP contribution in [0.1, 0.15) is 17.0 Å². The van der Waals surface area contributed by atoms with E-state index in [0.29, 0.717) is 16.7 Å². The van der Waals surface area contributed by atoms with E-state index in [2.05, 4.69) is 35.1 Å². The van der Waals surface area contributed by atoms with Gasteiger partial charge in [-0.2, -0.15) is 0 Å².